The molecule has 0 atom stereocenters. The Morgan fingerprint density at radius 2 is 1.46 bits per heavy atom. The molecule has 0 amide bonds. The Labute approximate surface area is 154 Å². The van der Waals surface area contributed by atoms with Gasteiger partial charge in [0.15, 0.2) is 11.5 Å². The summed E-state index contributed by atoms with van der Waals surface area (Å²) in [6.45, 7) is 2.29. The summed E-state index contributed by atoms with van der Waals surface area (Å²) in [5, 5.41) is 8.59. The second-order valence-electron chi connectivity index (χ2n) is 5.16. The Hall–Kier alpha value is -2.80. The summed E-state index contributed by atoms with van der Waals surface area (Å²) >= 11 is 0. The molecule has 0 saturated heterocycles. The highest BCUT2D eigenvalue weighted by Gasteiger charge is 2.11. The first kappa shape index (κ1) is 21.2. The van der Waals surface area contributed by atoms with E-state index in [1.807, 2.05) is 25.1 Å². The monoisotopic (exact) mass is 365 g/mol. The van der Waals surface area contributed by atoms with Crippen LogP contribution in [0, 0.1) is 6.92 Å². The van der Waals surface area contributed by atoms with Gasteiger partial charge in [0.2, 0.25) is 5.75 Å². The Morgan fingerprint density at radius 1 is 0.846 bits per heavy atom. The number of anilines is 1. The standard InChI is InChI=1S/C10H14O3.C9H13NO3/c1-8-3-4-9(12-2)7-10(8)13-6-5-11;1-11-7-4-6(10)5-8(12-2)9(7)13-3/h3-4,7,11H,5-6H2,1-2H3;4-5H,10H2,1-3H3. The van der Waals surface area contributed by atoms with E-state index in [1.165, 1.54) is 0 Å². The Balaban J connectivity index is 0.000000260. The molecule has 2 aromatic carbocycles. The summed E-state index contributed by atoms with van der Waals surface area (Å²) in [5.41, 5.74) is 7.23. The van der Waals surface area contributed by atoms with Gasteiger partial charge in [-0.25, -0.2) is 0 Å². The topological polar surface area (TPSA) is 92.4 Å². The fraction of sp³-hybridized carbons (Fsp3) is 0.368. The van der Waals surface area contributed by atoms with Crippen LogP contribution in [0.15, 0.2) is 30.3 Å². The van der Waals surface area contributed by atoms with E-state index in [4.69, 9.17) is 34.5 Å². The minimum atomic E-state index is 0.0245. The van der Waals surface area contributed by atoms with Gasteiger partial charge in [-0.3, -0.25) is 0 Å². The van der Waals surface area contributed by atoms with E-state index in [2.05, 4.69) is 0 Å². The van der Waals surface area contributed by atoms with Crippen molar-refractivity contribution in [3.05, 3.63) is 35.9 Å². The highest BCUT2D eigenvalue weighted by Crippen LogP contribution is 2.38. The summed E-state index contributed by atoms with van der Waals surface area (Å²) in [6, 6.07) is 8.97. The van der Waals surface area contributed by atoms with Gasteiger partial charge in [0.25, 0.3) is 0 Å². The molecule has 0 bridgehead atoms. The first-order chi connectivity index (χ1) is 12.5. The van der Waals surface area contributed by atoms with Crippen LogP contribution in [0.4, 0.5) is 5.69 Å². The van der Waals surface area contributed by atoms with Gasteiger partial charge < -0.3 is 34.5 Å². The highest BCUT2D eigenvalue weighted by molar-refractivity contribution is 5.60. The zero-order valence-electron chi connectivity index (χ0n) is 15.9. The SMILES string of the molecule is COc1cc(N)cc(OC)c1OC.COc1ccc(C)c(OCCO)c1. The van der Waals surface area contributed by atoms with Crippen molar-refractivity contribution >= 4 is 5.69 Å². The van der Waals surface area contributed by atoms with Crippen LogP contribution in [0.5, 0.6) is 28.7 Å². The lowest BCUT2D eigenvalue weighted by atomic mass is 10.2. The summed E-state index contributed by atoms with van der Waals surface area (Å²) in [5.74, 6) is 3.21. The minimum absolute atomic E-state index is 0.0245. The molecule has 2 rings (SSSR count). The van der Waals surface area contributed by atoms with Crippen LogP contribution >= 0.6 is 0 Å². The van der Waals surface area contributed by atoms with Gasteiger partial charge >= 0.3 is 0 Å². The maximum Gasteiger partial charge on any atom is 0.203 e. The first-order valence-electron chi connectivity index (χ1n) is 7.94. The lowest BCUT2D eigenvalue weighted by molar-refractivity contribution is 0.200. The van der Waals surface area contributed by atoms with Gasteiger partial charge in [-0.15, -0.1) is 0 Å². The van der Waals surface area contributed by atoms with E-state index in [0.29, 0.717) is 29.5 Å². The molecule has 0 aromatic heterocycles. The molecule has 7 nitrogen and oxygen atoms in total. The van der Waals surface area contributed by atoms with E-state index in [-0.39, 0.29) is 6.61 Å². The van der Waals surface area contributed by atoms with Crippen LogP contribution in [0.25, 0.3) is 0 Å². The Kier molecular flexibility index (Phi) is 8.94. The third-order valence-corrected chi connectivity index (χ3v) is 3.43. The number of benzene rings is 2. The lowest BCUT2D eigenvalue weighted by Crippen LogP contribution is -2.02. The van der Waals surface area contributed by atoms with Crippen molar-refractivity contribution in [2.24, 2.45) is 0 Å². The average molecular weight is 365 g/mol. The van der Waals surface area contributed by atoms with E-state index < -0.39 is 0 Å². The van der Waals surface area contributed by atoms with Crippen molar-refractivity contribution in [3.8, 4) is 28.7 Å². The van der Waals surface area contributed by atoms with Crippen LogP contribution in [0.3, 0.4) is 0 Å². The highest BCUT2D eigenvalue weighted by atomic mass is 16.5. The van der Waals surface area contributed by atoms with E-state index in [0.717, 1.165) is 17.1 Å². The van der Waals surface area contributed by atoms with Crippen molar-refractivity contribution in [2.45, 2.75) is 6.92 Å². The second-order valence-corrected chi connectivity index (χ2v) is 5.16. The fourth-order valence-corrected chi connectivity index (χ4v) is 2.12. The van der Waals surface area contributed by atoms with Crippen molar-refractivity contribution in [1.82, 2.24) is 0 Å². The Morgan fingerprint density at radius 3 is 1.92 bits per heavy atom. The van der Waals surface area contributed by atoms with Crippen LogP contribution in [0.2, 0.25) is 0 Å². The van der Waals surface area contributed by atoms with Crippen molar-refractivity contribution in [2.75, 3.05) is 47.4 Å². The van der Waals surface area contributed by atoms with Gasteiger partial charge in [0.1, 0.15) is 18.1 Å². The van der Waals surface area contributed by atoms with Crippen molar-refractivity contribution in [3.63, 3.8) is 0 Å². The number of aryl methyl sites for hydroxylation is 1. The van der Waals surface area contributed by atoms with E-state index in [1.54, 1.807) is 40.6 Å². The molecule has 0 aliphatic rings. The predicted molar refractivity (Wildman–Crippen MR) is 101 cm³/mol. The second kappa shape index (κ2) is 10.9. The lowest BCUT2D eigenvalue weighted by Gasteiger charge is -2.12. The molecule has 0 heterocycles. The smallest absolute Gasteiger partial charge is 0.203 e. The number of nitrogens with two attached hydrogens (primary N) is 1. The molecular weight excluding hydrogens is 338 g/mol. The zero-order valence-corrected chi connectivity index (χ0v) is 15.9. The van der Waals surface area contributed by atoms with E-state index in [9.17, 15) is 0 Å². The molecule has 0 spiro atoms. The number of methoxy groups -OCH3 is 4. The molecule has 2 aromatic rings. The first-order valence-corrected chi connectivity index (χ1v) is 7.94. The summed E-state index contributed by atoms with van der Waals surface area (Å²) in [6.07, 6.45) is 0. The van der Waals surface area contributed by atoms with E-state index >= 15 is 0 Å². The van der Waals surface area contributed by atoms with Crippen LogP contribution < -0.4 is 29.4 Å². The molecule has 26 heavy (non-hydrogen) atoms. The molecule has 0 unspecified atom stereocenters. The van der Waals surface area contributed by atoms with Gasteiger partial charge in [-0.05, 0) is 18.6 Å². The maximum absolute atomic E-state index is 8.59. The Bertz CT molecular complexity index is 665. The molecule has 0 radical (unpaired) electrons. The van der Waals surface area contributed by atoms with Crippen molar-refractivity contribution < 1.29 is 28.8 Å². The number of aliphatic hydroxyl groups excluding tert-OH is 1. The van der Waals surface area contributed by atoms with Crippen molar-refractivity contribution in [1.29, 1.82) is 0 Å². The zero-order chi connectivity index (χ0) is 19.5. The molecule has 0 aliphatic heterocycles. The normalized spacial score (nSPS) is 9.62. The number of ether oxygens (including phenoxy) is 5. The number of aliphatic hydroxyl groups is 1. The third-order valence-electron chi connectivity index (χ3n) is 3.43. The van der Waals surface area contributed by atoms with Crippen LogP contribution in [-0.4, -0.2) is 46.8 Å². The molecule has 3 N–H and O–H groups in total. The number of hydrogen-bond donors (Lipinski definition) is 2. The summed E-state index contributed by atoms with van der Waals surface area (Å²) in [7, 11) is 6.27. The van der Waals surface area contributed by atoms with Gasteiger partial charge in [-0.2, -0.15) is 0 Å². The predicted octanol–water partition coefficient (Wildman–Crippen LogP) is 2.67. The largest absolute Gasteiger partial charge is 0.497 e. The van der Waals surface area contributed by atoms with Gasteiger partial charge in [-0.1, -0.05) is 6.07 Å². The van der Waals surface area contributed by atoms with Crippen LogP contribution in [0.1, 0.15) is 5.56 Å². The molecule has 7 heteroatoms. The average Bonchev–Trinajstić information content (AvgIpc) is 2.66. The maximum atomic E-state index is 8.59. The molecule has 144 valence electrons. The number of hydrogen-bond acceptors (Lipinski definition) is 7. The summed E-state index contributed by atoms with van der Waals surface area (Å²) < 4.78 is 25.6. The minimum Gasteiger partial charge on any atom is -0.497 e. The number of rotatable bonds is 7. The number of nitrogen functional groups attached to an aromatic ring is 1. The van der Waals surface area contributed by atoms with Gasteiger partial charge in [0, 0.05) is 23.9 Å². The third kappa shape index (κ3) is 5.93. The van der Waals surface area contributed by atoms with Crippen LogP contribution in [-0.2, 0) is 0 Å². The fourth-order valence-electron chi connectivity index (χ4n) is 2.12. The molecular formula is C19H27NO6. The molecule has 0 fully saturated rings. The summed E-state index contributed by atoms with van der Waals surface area (Å²) in [4.78, 5) is 0. The quantitative estimate of drug-likeness (QED) is 0.729. The molecule has 0 saturated carbocycles. The van der Waals surface area contributed by atoms with Gasteiger partial charge in [0.05, 0.1) is 35.0 Å². The molecule has 0 aliphatic carbocycles.